The summed E-state index contributed by atoms with van der Waals surface area (Å²) in [6.45, 7) is 2.99. The van der Waals surface area contributed by atoms with Crippen molar-refractivity contribution in [2.24, 2.45) is 0 Å². The second-order valence-electron chi connectivity index (χ2n) is 11.5. The number of hydrogen-bond donors (Lipinski definition) is 5. The molecule has 2 aliphatic carbocycles. The summed E-state index contributed by atoms with van der Waals surface area (Å²) in [4.78, 5) is 41.7. The highest BCUT2D eigenvalue weighted by atomic mass is 16.7. The molecule has 0 saturated carbocycles. The Bertz CT molecular complexity index is 1490. The molecule has 1 saturated heterocycles. The fraction of sp³-hybridized carbons (Fsp3) is 0.516. The van der Waals surface area contributed by atoms with E-state index >= 15 is 0 Å². The van der Waals surface area contributed by atoms with Gasteiger partial charge in [-0.3, -0.25) is 19.3 Å². The average Bonchev–Trinajstić information content (AvgIpc) is 2.99. The molecule has 5 N–H and O–H groups in total. The van der Waals surface area contributed by atoms with E-state index in [4.69, 9.17) is 18.9 Å². The Balaban J connectivity index is 1.60. The Morgan fingerprint density at radius 2 is 1.82 bits per heavy atom. The number of rotatable bonds is 9. The molecule has 13 nitrogen and oxygen atoms in total. The number of phenols is 2. The molecular weight excluding hydrogens is 578 g/mol. The highest BCUT2D eigenvalue weighted by molar-refractivity contribution is 6.31. The van der Waals surface area contributed by atoms with Crippen molar-refractivity contribution >= 4 is 17.3 Å². The number of phenolic OH excluding ortho intramolecular Hbond substituents is 2. The average molecular weight is 616 g/mol. The van der Waals surface area contributed by atoms with Crippen molar-refractivity contribution in [2.45, 2.75) is 69.4 Å². The van der Waals surface area contributed by atoms with E-state index in [0.29, 0.717) is 6.54 Å². The van der Waals surface area contributed by atoms with Crippen LogP contribution in [0.5, 0.6) is 17.2 Å². The van der Waals surface area contributed by atoms with Crippen LogP contribution in [0.25, 0.3) is 0 Å². The Hall–Kier alpha value is -3.43. The highest BCUT2D eigenvalue weighted by Crippen LogP contribution is 2.52. The van der Waals surface area contributed by atoms with E-state index in [1.54, 1.807) is 11.8 Å². The van der Waals surface area contributed by atoms with Gasteiger partial charge in [-0.1, -0.05) is 12.1 Å². The van der Waals surface area contributed by atoms with E-state index in [1.165, 1.54) is 39.3 Å². The number of Topliss-reactive ketones (excluding diaryl/α,β-unsaturated/α-hetero) is 1. The maximum Gasteiger partial charge on any atom is 0.202 e. The van der Waals surface area contributed by atoms with Crippen molar-refractivity contribution in [1.82, 2.24) is 4.90 Å². The number of carbonyl (C=O) groups is 3. The molecule has 6 atom stereocenters. The van der Waals surface area contributed by atoms with Gasteiger partial charge < -0.3 is 44.5 Å². The van der Waals surface area contributed by atoms with Crippen molar-refractivity contribution in [3.63, 3.8) is 0 Å². The van der Waals surface area contributed by atoms with Crippen LogP contribution in [0.15, 0.2) is 18.2 Å². The van der Waals surface area contributed by atoms with Crippen LogP contribution in [0.3, 0.4) is 0 Å². The van der Waals surface area contributed by atoms with E-state index in [2.05, 4.69) is 0 Å². The van der Waals surface area contributed by atoms with Crippen molar-refractivity contribution < 1.29 is 58.9 Å². The largest absolute Gasteiger partial charge is 0.507 e. The highest BCUT2D eigenvalue weighted by Gasteiger charge is 2.50. The molecule has 0 aromatic heterocycles. The Kier molecular flexibility index (Phi) is 8.84. The lowest BCUT2D eigenvalue weighted by Gasteiger charge is -2.45. The van der Waals surface area contributed by atoms with Gasteiger partial charge in [-0.2, -0.15) is 0 Å². The number of carbonyl (C=O) groups excluding carboxylic acids is 3. The van der Waals surface area contributed by atoms with Gasteiger partial charge in [0.25, 0.3) is 0 Å². The minimum atomic E-state index is -2.05. The predicted molar refractivity (Wildman–Crippen MR) is 152 cm³/mol. The van der Waals surface area contributed by atoms with E-state index in [0.717, 1.165) is 0 Å². The van der Waals surface area contributed by atoms with Crippen LogP contribution < -0.4 is 4.74 Å². The molecule has 0 spiro atoms. The smallest absolute Gasteiger partial charge is 0.202 e. The summed E-state index contributed by atoms with van der Waals surface area (Å²) in [6.07, 6.45) is -4.90. The monoisotopic (exact) mass is 615 g/mol. The van der Waals surface area contributed by atoms with E-state index < -0.39 is 82.6 Å². The maximum atomic E-state index is 13.8. The second kappa shape index (κ2) is 12.2. The van der Waals surface area contributed by atoms with E-state index in [9.17, 15) is 39.9 Å². The maximum absolute atomic E-state index is 13.8. The number of benzene rings is 2. The minimum Gasteiger partial charge on any atom is -0.507 e. The summed E-state index contributed by atoms with van der Waals surface area (Å²) in [7, 11) is 2.84. The van der Waals surface area contributed by atoms with Gasteiger partial charge in [0.05, 0.1) is 55.4 Å². The first-order valence-corrected chi connectivity index (χ1v) is 14.3. The van der Waals surface area contributed by atoms with Crippen LogP contribution in [-0.2, 0) is 25.4 Å². The summed E-state index contributed by atoms with van der Waals surface area (Å²) < 4.78 is 22.6. The number of aliphatic hydroxyl groups excluding tert-OH is 2. The van der Waals surface area contributed by atoms with Crippen molar-refractivity contribution in [2.75, 3.05) is 34.1 Å². The zero-order valence-corrected chi connectivity index (χ0v) is 24.9. The van der Waals surface area contributed by atoms with Crippen LogP contribution in [0.2, 0.25) is 0 Å². The molecule has 44 heavy (non-hydrogen) atoms. The van der Waals surface area contributed by atoms with Crippen molar-refractivity contribution in [3.8, 4) is 17.2 Å². The molecule has 1 aliphatic heterocycles. The number of ketones is 3. The Morgan fingerprint density at radius 3 is 2.45 bits per heavy atom. The number of fused-ring (bicyclic) bond motifs is 3. The third kappa shape index (κ3) is 5.17. The third-order valence-corrected chi connectivity index (χ3v) is 8.96. The molecule has 238 valence electrons. The molecule has 0 radical (unpaired) electrons. The first-order chi connectivity index (χ1) is 20.9. The minimum absolute atomic E-state index is 0.0296. The van der Waals surface area contributed by atoms with Crippen LogP contribution >= 0.6 is 0 Å². The SMILES string of the molecule is COCCN(CO)[C@H]1C[C@H](O[C@H]2C[C@](O)(C(C)=O)Cc3c(O)c4c(c(O)c32)C(=O)c2c(OC)cccc2C4=O)O[C@@H](C)[C@H]1O. The van der Waals surface area contributed by atoms with E-state index in [-0.39, 0.29) is 54.2 Å². The predicted octanol–water partition coefficient (Wildman–Crippen LogP) is 0.968. The zero-order valence-electron chi connectivity index (χ0n) is 24.9. The molecule has 2 aromatic rings. The molecule has 1 fully saturated rings. The van der Waals surface area contributed by atoms with Crippen molar-refractivity contribution in [1.29, 1.82) is 0 Å². The van der Waals surface area contributed by atoms with Gasteiger partial charge in [-0.25, -0.2) is 0 Å². The standard InChI is InChI=1S/C31H37NO12/c1-14-26(35)18(32(13-33)8-9-41-3)10-21(43-14)44-20-12-31(40,15(2)34)11-17-23(20)30(39)25-24(28(17)37)27(36)16-6-5-7-19(42-4)22(16)29(25)38/h5-7,14,18,20-21,26,33,35,37,39-40H,8-13H2,1-4H3/t14-,18-,20-,21-,26+,31-/m0/s1. The molecule has 2 aromatic carbocycles. The number of hydrogen-bond acceptors (Lipinski definition) is 13. The summed E-state index contributed by atoms with van der Waals surface area (Å²) in [5.41, 5.74) is -3.21. The van der Waals surface area contributed by atoms with Gasteiger partial charge in [-0.15, -0.1) is 0 Å². The molecule has 0 unspecified atom stereocenters. The van der Waals surface area contributed by atoms with Gasteiger partial charge in [0, 0.05) is 55.6 Å². The Labute approximate surface area is 253 Å². The lowest BCUT2D eigenvalue weighted by atomic mass is 9.72. The van der Waals surface area contributed by atoms with Crippen LogP contribution in [-0.4, -0.2) is 112 Å². The molecular formula is C31H37NO12. The first-order valence-electron chi connectivity index (χ1n) is 14.3. The number of nitrogens with zero attached hydrogens (tertiary/aromatic N) is 1. The van der Waals surface area contributed by atoms with Crippen molar-refractivity contribution in [3.05, 3.63) is 51.6 Å². The van der Waals surface area contributed by atoms with Gasteiger partial charge >= 0.3 is 0 Å². The molecule has 0 amide bonds. The number of methoxy groups -OCH3 is 2. The summed E-state index contributed by atoms with van der Waals surface area (Å²) in [5, 5.41) is 55.4. The molecule has 0 bridgehead atoms. The lowest BCUT2D eigenvalue weighted by Crippen LogP contribution is -2.56. The first kappa shape index (κ1) is 32.0. The van der Waals surface area contributed by atoms with Crippen LogP contribution in [0.4, 0.5) is 0 Å². The third-order valence-electron chi connectivity index (χ3n) is 8.96. The molecule has 3 aliphatic rings. The van der Waals surface area contributed by atoms with Gasteiger partial charge in [0.15, 0.2) is 17.9 Å². The fourth-order valence-electron chi connectivity index (χ4n) is 6.51. The second-order valence-corrected chi connectivity index (χ2v) is 11.5. The molecule has 1 heterocycles. The zero-order chi connectivity index (χ0) is 32.1. The normalized spacial score (nSPS) is 28.0. The summed E-state index contributed by atoms with van der Waals surface area (Å²) >= 11 is 0. The van der Waals surface area contributed by atoms with Gasteiger partial charge in [-0.05, 0) is 19.9 Å². The summed E-state index contributed by atoms with van der Waals surface area (Å²) in [5.74, 6) is -3.29. The van der Waals surface area contributed by atoms with Gasteiger partial charge in [0.1, 0.15) is 22.8 Å². The van der Waals surface area contributed by atoms with Gasteiger partial charge in [0.2, 0.25) is 5.78 Å². The number of aromatic hydroxyl groups is 2. The van der Waals surface area contributed by atoms with E-state index in [1.807, 2.05) is 0 Å². The van der Waals surface area contributed by atoms with Crippen LogP contribution in [0, 0.1) is 0 Å². The Morgan fingerprint density at radius 1 is 1.11 bits per heavy atom. The molecule has 5 rings (SSSR count). The quantitative estimate of drug-likeness (QED) is 0.169. The fourth-order valence-corrected chi connectivity index (χ4v) is 6.51. The lowest BCUT2D eigenvalue weighted by molar-refractivity contribution is -0.261. The topological polar surface area (TPSA) is 193 Å². The number of aliphatic hydroxyl groups is 3. The summed E-state index contributed by atoms with van der Waals surface area (Å²) in [6, 6.07) is 3.79. The number of ether oxygens (including phenoxy) is 4. The van der Waals surface area contributed by atoms with Crippen LogP contribution in [0.1, 0.15) is 75.8 Å². The molecule has 13 heteroatoms.